The van der Waals surface area contributed by atoms with Crippen molar-refractivity contribution in [2.45, 2.75) is 11.8 Å². The molecule has 1 unspecified atom stereocenters. The topological polar surface area (TPSA) is 9.23 Å². The molecule has 96 valence electrons. The summed E-state index contributed by atoms with van der Waals surface area (Å²) in [5.74, 6) is -0.0759. The number of rotatable bonds is 3. The third-order valence-corrected chi connectivity index (χ3v) is 5.26. The highest BCUT2D eigenvalue weighted by Crippen LogP contribution is 2.39. The van der Waals surface area contributed by atoms with Crippen molar-refractivity contribution < 1.29 is 9.13 Å². The van der Waals surface area contributed by atoms with Gasteiger partial charge >= 0.3 is 0 Å². The molecule has 1 aromatic carbocycles. The summed E-state index contributed by atoms with van der Waals surface area (Å²) in [7, 11) is 1.46. The average Bonchev–Trinajstić information content (AvgIpc) is 2.67. The van der Waals surface area contributed by atoms with Gasteiger partial charge in [-0.2, -0.15) is 0 Å². The van der Waals surface area contributed by atoms with E-state index in [2.05, 4.69) is 44.8 Å². The van der Waals surface area contributed by atoms with Gasteiger partial charge in [-0.25, -0.2) is 4.39 Å². The van der Waals surface area contributed by atoms with E-state index in [1.807, 2.05) is 6.07 Å². The number of thiophene rings is 1. The van der Waals surface area contributed by atoms with Gasteiger partial charge in [-0.15, -0.1) is 11.3 Å². The number of halogens is 3. The van der Waals surface area contributed by atoms with Crippen molar-refractivity contribution in [3.8, 4) is 5.75 Å². The summed E-state index contributed by atoms with van der Waals surface area (Å²) < 4.78 is 19.7. The summed E-state index contributed by atoms with van der Waals surface area (Å²) in [6.07, 6.45) is 0. The zero-order valence-electron chi connectivity index (χ0n) is 9.84. The second-order valence-electron chi connectivity index (χ2n) is 3.82. The van der Waals surface area contributed by atoms with E-state index in [4.69, 9.17) is 4.74 Å². The summed E-state index contributed by atoms with van der Waals surface area (Å²) in [4.78, 5) is 1.19. The van der Waals surface area contributed by atoms with E-state index >= 15 is 0 Å². The van der Waals surface area contributed by atoms with Gasteiger partial charge in [-0.3, -0.25) is 0 Å². The summed E-state index contributed by atoms with van der Waals surface area (Å²) in [6.45, 7) is 2.05. The molecule has 0 amide bonds. The molecule has 2 aromatic rings. The fraction of sp³-hybridized carbons (Fsp3) is 0.231. The smallest absolute Gasteiger partial charge is 0.165 e. The number of methoxy groups -OCH3 is 1. The van der Waals surface area contributed by atoms with Crippen molar-refractivity contribution >= 4 is 43.2 Å². The van der Waals surface area contributed by atoms with E-state index in [9.17, 15) is 4.39 Å². The molecule has 0 bridgehead atoms. The Morgan fingerprint density at radius 1 is 1.33 bits per heavy atom. The first-order chi connectivity index (χ1) is 8.52. The van der Waals surface area contributed by atoms with E-state index in [0.29, 0.717) is 0 Å². The molecule has 0 aliphatic rings. The van der Waals surface area contributed by atoms with Crippen LogP contribution in [0.25, 0.3) is 0 Å². The first kappa shape index (κ1) is 14.0. The number of hydrogen-bond acceptors (Lipinski definition) is 2. The summed E-state index contributed by atoms with van der Waals surface area (Å²) >= 11 is 8.75. The number of alkyl halides is 1. The summed E-state index contributed by atoms with van der Waals surface area (Å²) in [5.41, 5.74) is 2.03. The Bertz CT molecular complexity index is 568. The quantitative estimate of drug-likeness (QED) is 0.630. The zero-order valence-corrected chi connectivity index (χ0v) is 13.8. The van der Waals surface area contributed by atoms with Crippen LogP contribution in [0.3, 0.4) is 0 Å². The zero-order chi connectivity index (χ0) is 13.3. The molecule has 0 N–H and O–H groups in total. The first-order valence-electron chi connectivity index (χ1n) is 5.26. The standard InChI is InChI=1S/C13H11Br2FOS/c1-7-9(6-12(14)18-7)13(15)8-3-4-11(17-2)10(16)5-8/h3-6,13H,1-2H3. The van der Waals surface area contributed by atoms with E-state index in [1.165, 1.54) is 18.1 Å². The minimum Gasteiger partial charge on any atom is -0.494 e. The summed E-state index contributed by atoms with van der Waals surface area (Å²) in [5, 5.41) is 0. The Balaban J connectivity index is 2.37. The molecule has 18 heavy (non-hydrogen) atoms. The Kier molecular flexibility index (Phi) is 4.45. The van der Waals surface area contributed by atoms with Gasteiger partial charge in [0.25, 0.3) is 0 Å². The van der Waals surface area contributed by atoms with Gasteiger partial charge in [-0.05, 0) is 52.2 Å². The van der Waals surface area contributed by atoms with Gasteiger partial charge in [0.1, 0.15) is 0 Å². The lowest BCUT2D eigenvalue weighted by Gasteiger charge is -2.11. The molecular formula is C13H11Br2FOS. The second kappa shape index (κ2) is 5.72. The van der Waals surface area contributed by atoms with E-state index in [-0.39, 0.29) is 16.4 Å². The molecule has 0 saturated heterocycles. The van der Waals surface area contributed by atoms with Crippen molar-refractivity contribution in [2.24, 2.45) is 0 Å². The second-order valence-corrected chi connectivity index (χ2v) is 7.37. The van der Waals surface area contributed by atoms with Crippen LogP contribution >= 0.6 is 43.2 Å². The van der Waals surface area contributed by atoms with E-state index < -0.39 is 0 Å². The number of ether oxygens (including phenoxy) is 1. The van der Waals surface area contributed by atoms with Crippen LogP contribution in [0.5, 0.6) is 5.75 Å². The Morgan fingerprint density at radius 3 is 2.56 bits per heavy atom. The molecule has 0 radical (unpaired) electrons. The highest BCUT2D eigenvalue weighted by Gasteiger charge is 2.17. The van der Waals surface area contributed by atoms with Crippen molar-refractivity contribution in [3.05, 3.63) is 49.9 Å². The predicted octanol–water partition coefficient (Wildman–Crippen LogP) is 5.45. The minimum atomic E-state index is -0.341. The van der Waals surface area contributed by atoms with Crippen LogP contribution in [0.2, 0.25) is 0 Å². The first-order valence-corrected chi connectivity index (χ1v) is 7.78. The molecule has 0 aliphatic heterocycles. The van der Waals surface area contributed by atoms with Crippen LogP contribution in [-0.4, -0.2) is 7.11 Å². The van der Waals surface area contributed by atoms with Crippen molar-refractivity contribution in [2.75, 3.05) is 7.11 Å². The molecule has 1 heterocycles. The van der Waals surface area contributed by atoms with Gasteiger partial charge in [0.15, 0.2) is 11.6 Å². The van der Waals surface area contributed by atoms with Crippen LogP contribution in [0, 0.1) is 12.7 Å². The maximum absolute atomic E-state index is 13.7. The van der Waals surface area contributed by atoms with Crippen LogP contribution in [0.15, 0.2) is 28.1 Å². The molecule has 1 aromatic heterocycles. The molecule has 0 aliphatic carbocycles. The van der Waals surface area contributed by atoms with Crippen molar-refractivity contribution in [1.82, 2.24) is 0 Å². The highest BCUT2D eigenvalue weighted by molar-refractivity contribution is 9.11. The number of benzene rings is 1. The third kappa shape index (κ3) is 2.78. The molecule has 5 heteroatoms. The lowest BCUT2D eigenvalue weighted by atomic mass is 10.1. The fourth-order valence-electron chi connectivity index (χ4n) is 1.73. The molecule has 0 spiro atoms. The third-order valence-electron chi connectivity index (χ3n) is 2.67. The van der Waals surface area contributed by atoms with Crippen molar-refractivity contribution in [3.63, 3.8) is 0 Å². The molecule has 1 atom stereocenters. The highest BCUT2D eigenvalue weighted by atomic mass is 79.9. The maximum Gasteiger partial charge on any atom is 0.165 e. The van der Waals surface area contributed by atoms with Gasteiger partial charge in [0.05, 0.1) is 15.7 Å². The minimum absolute atomic E-state index is 0.0135. The van der Waals surface area contributed by atoms with Crippen molar-refractivity contribution in [1.29, 1.82) is 0 Å². The normalized spacial score (nSPS) is 12.5. The van der Waals surface area contributed by atoms with Gasteiger partial charge in [0.2, 0.25) is 0 Å². The largest absolute Gasteiger partial charge is 0.494 e. The molecule has 1 nitrogen and oxygen atoms in total. The monoisotopic (exact) mass is 392 g/mol. The van der Waals surface area contributed by atoms with Crippen LogP contribution in [0.4, 0.5) is 4.39 Å². The fourth-order valence-corrected chi connectivity index (χ4v) is 4.39. The predicted molar refractivity (Wildman–Crippen MR) is 80.5 cm³/mol. The lowest BCUT2D eigenvalue weighted by molar-refractivity contribution is 0.386. The van der Waals surface area contributed by atoms with Crippen LogP contribution in [-0.2, 0) is 0 Å². The van der Waals surface area contributed by atoms with Crippen LogP contribution in [0.1, 0.15) is 20.8 Å². The number of hydrogen-bond donors (Lipinski definition) is 0. The summed E-state index contributed by atoms with van der Waals surface area (Å²) in [6, 6.07) is 7.08. The Labute approximate surface area is 126 Å². The number of aryl methyl sites for hydroxylation is 1. The molecule has 0 saturated carbocycles. The average molecular weight is 394 g/mol. The molecule has 2 rings (SSSR count). The van der Waals surface area contributed by atoms with Crippen LogP contribution < -0.4 is 4.74 Å². The van der Waals surface area contributed by atoms with Gasteiger partial charge in [0, 0.05) is 4.88 Å². The Hall–Kier alpha value is -0.390. The van der Waals surface area contributed by atoms with Gasteiger partial charge < -0.3 is 4.74 Å². The SMILES string of the molecule is COc1ccc(C(Br)c2cc(Br)sc2C)cc1F. The van der Waals surface area contributed by atoms with E-state index in [0.717, 1.165) is 14.9 Å². The molecular weight excluding hydrogens is 383 g/mol. The van der Waals surface area contributed by atoms with E-state index in [1.54, 1.807) is 17.4 Å². The Morgan fingerprint density at radius 2 is 2.06 bits per heavy atom. The molecule has 0 fully saturated rings. The lowest BCUT2D eigenvalue weighted by Crippen LogP contribution is -1.95. The maximum atomic E-state index is 13.7. The van der Waals surface area contributed by atoms with Gasteiger partial charge in [-0.1, -0.05) is 22.0 Å².